The lowest BCUT2D eigenvalue weighted by Crippen LogP contribution is -2.33. The molecule has 1 aliphatic heterocycles. The zero-order valence-corrected chi connectivity index (χ0v) is 11.5. The molecule has 3 rings (SSSR count). The van der Waals surface area contributed by atoms with Crippen molar-refractivity contribution in [2.45, 2.75) is 25.9 Å². The van der Waals surface area contributed by atoms with E-state index in [0.29, 0.717) is 6.42 Å². The number of fused-ring (bicyclic) bond motifs is 1. The van der Waals surface area contributed by atoms with E-state index in [4.69, 9.17) is 0 Å². The first kappa shape index (κ1) is 12.7. The number of rotatable bonds is 2. The number of nitrogens with zero attached hydrogens (tertiary/aromatic N) is 1. The molecule has 2 aromatic carbocycles. The first-order valence-electron chi connectivity index (χ1n) is 6.93. The van der Waals surface area contributed by atoms with Crippen molar-refractivity contribution in [2.24, 2.45) is 0 Å². The predicted octanol–water partition coefficient (Wildman–Crippen LogP) is 3.42. The first-order valence-corrected chi connectivity index (χ1v) is 6.93. The molecule has 0 spiro atoms. The van der Waals surface area contributed by atoms with Crippen molar-refractivity contribution in [3.8, 4) is 0 Å². The maximum atomic E-state index is 11.9. The van der Waals surface area contributed by atoms with Gasteiger partial charge in [-0.3, -0.25) is 4.79 Å². The van der Waals surface area contributed by atoms with Gasteiger partial charge in [-0.25, -0.2) is 0 Å². The van der Waals surface area contributed by atoms with Gasteiger partial charge in [0.1, 0.15) is 0 Å². The number of hydrogen-bond acceptors (Lipinski definition) is 2. The van der Waals surface area contributed by atoms with Gasteiger partial charge in [0.05, 0.1) is 11.4 Å². The highest BCUT2D eigenvalue weighted by Crippen LogP contribution is 2.32. The maximum absolute atomic E-state index is 11.9. The van der Waals surface area contributed by atoms with Gasteiger partial charge in [0.15, 0.2) is 0 Å². The third-order valence-corrected chi connectivity index (χ3v) is 3.70. The molecular formula is C17H18N2O. The van der Waals surface area contributed by atoms with E-state index < -0.39 is 0 Å². The molecule has 0 aliphatic carbocycles. The largest absolute Gasteiger partial charge is 0.362 e. The molecule has 0 bridgehead atoms. The molecule has 20 heavy (non-hydrogen) atoms. The van der Waals surface area contributed by atoms with E-state index in [2.05, 4.69) is 35.3 Å². The highest BCUT2D eigenvalue weighted by Gasteiger charge is 2.24. The Kier molecular flexibility index (Phi) is 3.42. The van der Waals surface area contributed by atoms with Gasteiger partial charge in [0.2, 0.25) is 5.91 Å². The summed E-state index contributed by atoms with van der Waals surface area (Å²) in [5, 5.41) is 2.99. The second-order valence-electron chi connectivity index (χ2n) is 5.23. The van der Waals surface area contributed by atoms with E-state index >= 15 is 0 Å². The molecule has 2 aromatic rings. The summed E-state index contributed by atoms with van der Waals surface area (Å²) in [7, 11) is 0. The van der Waals surface area contributed by atoms with Gasteiger partial charge in [-0.1, -0.05) is 42.5 Å². The fourth-order valence-electron chi connectivity index (χ4n) is 2.67. The fraction of sp³-hybridized carbons (Fsp3) is 0.235. The van der Waals surface area contributed by atoms with E-state index in [1.165, 1.54) is 5.56 Å². The minimum atomic E-state index is 0.0838. The second-order valence-corrected chi connectivity index (χ2v) is 5.23. The molecule has 1 aliphatic rings. The fourth-order valence-corrected chi connectivity index (χ4v) is 2.67. The number of anilines is 2. The number of carbonyl (C=O) groups is 1. The summed E-state index contributed by atoms with van der Waals surface area (Å²) < 4.78 is 0. The van der Waals surface area contributed by atoms with Crippen LogP contribution in [0.4, 0.5) is 11.4 Å². The number of carbonyl (C=O) groups excluding carboxylic acids is 1. The van der Waals surface area contributed by atoms with Gasteiger partial charge >= 0.3 is 0 Å². The van der Waals surface area contributed by atoms with Crippen LogP contribution in [0.1, 0.15) is 18.9 Å². The third kappa shape index (κ3) is 2.52. The van der Waals surface area contributed by atoms with Crippen LogP contribution in [-0.2, 0) is 11.3 Å². The van der Waals surface area contributed by atoms with Crippen LogP contribution < -0.4 is 10.2 Å². The lowest BCUT2D eigenvalue weighted by Gasteiger charge is -2.30. The van der Waals surface area contributed by atoms with E-state index in [0.717, 1.165) is 17.9 Å². The molecule has 3 heteroatoms. The van der Waals surface area contributed by atoms with Crippen LogP contribution in [0, 0.1) is 0 Å². The van der Waals surface area contributed by atoms with Gasteiger partial charge in [-0.15, -0.1) is 0 Å². The SMILES string of the molecule is CC1CC(=O)Nc2ccccc2N1Cc1ccccc1. The van der Waals surface area contributed by atoms with Crippen molar-refractivity contribution < 1.29 is 4.79 Å². The average Bonchev–Trinajstić information content (AvgIpc) is 2.57. The quantitative estimate of drug-likeness (QED) is 0.903. The van der Waals surface area contributed by atoms with E-state index in [9.17, 15) is 4.79 Å². The Hall–Kier alpha value is -2.29. The normalized spacial score (nSPS) is 18.1. The molecule has 1 N–H and O–H groups in total. The summed E-state index contributed by atoms with van der Waals surface area (Å²) in [6.45, 7) is 2.92. The zero-order chi connectivity index (χ0) is 13.9. The van der Waals surface area contributed by atoms with Crippen LogP contribution in [0.25, 0.3) is 0 Å². The summed E-state index contributed by atoms with van der Waals surface area (Å²) in [5.41, 5.74) is 3.25. The molecular weight excluding hydrogens is 248 g/mol. The van der Waals surface area contributed by atoms with Crippen molar-refractivity contribution in [1.29, 1.82) is 0 Å². The highest BCUT2D eigenvalue weighted by atomic mass is 16.1. The highest BCUT2D eigenvalue weighted by molar-refractivity contribution is 5.96. The van der Waals surface area contributed by atoms with Crippen molar-refractivity contribution in [3.63, 3.8) is 0 Å². The van der Waals surface area contributed by atoms with Crippen molar-refractivity contribution >= 4 is 17.3 Å². The Balaban J connectivity index is 1.97. The van der Waals surface area contributed by atoms with Crippen LogP contribution in [0.15, 0.2) is 54.6 Å². The van der Waals surface area contributed by atoms with E-state index in [1.807, 2.05) is 36.4 Å². The molecule has 1 unspecified atom stereocenters. The predicted molar refractivity (Wildman–Crippen MR) is 81.8 cm³/mol. The standard InChI is InChI=1S/C17H18N2O/c1-13-11-17(20)18-15-9-5-6-10-16(15)19(13)12-14-7-3-2-4-8-14/h2-10,13H,11-12H2,1H3,(H,18,20). The number of amides is 1. The Morgan fingerprint density at radius 1 is 1.10 bits per heavy atom. The smallest absolute Gasteiger partial charge is 0.226 e. The van der Waals surface area contributed by atoms with Crippen molar-refractivity contribution in [3.05, 3.63) is 60.2 Å². The first-order chi connectivity index (χ1) is 9.74. The summed E-state index contributed by atoms with van der Waals surface area (Å²) in [6, 6.07) is 18.5. The molecule has 0 saturated heterocycles. The summed E-state index contributed by atoms with van der Waals surface area (Å²) in [5.74, 6) is 0.0838. The van der Waals surface area contributed by atoms with Gasteiger partial charge in [-0.05, 0) is 24.6 Å². The number of hydrogen-bond donors (Lipinski definition) is 1. The van der Waals surface area contributed by atoms with Crippen LogP contribution in [0.2, 0.25) is 0 Å². The van der Waals surface area contributed by atoms with Crippen molar-refractivity contribution in [2.75, 3.05) is 10.2 Å². The van der Waals surface area contributed by atoms with E-state index in [1.54, 1.807) is 0 Å². The lowest BCUT2D eigenvalue weighted by atomic mass is 10.1. The number of nitrogens with one attached hydrogen (secondary N) is 1. The second kappa shape index (κ2) is 5.37. The average molecular weight is 266 g/mol. The molecule has 102 valence electrons. The molecule has 0 radical (unpaired) electrons. The molecule has 0 aromatic heterocycles. The lowest BCUT2D eigenvalue weighted by molar-refractivity contribution is -0.116. The van der Waals surface area contributed by atoms with Crippen LogP contribution >= 0.6 is 0 Å². The maximum Gasteiger partial charge on any atom is 0.226 e. The number of para-hydroxylation sites is 2. The minimum Gasteiger partial charge on any atom is -0.362 e. The zero-order valence-electron chi connectivity index (χ0n) is 11.5. The molecule has 1 atom stereocenters. The summed E-state index contributed by atoms with van der Waals surface area (Å²) in [6.07, 6.45) is 0.515. The number of benzene rings is 2. The minimum absolute atomic E-state index is 0.0838. The van der Waals surface area contributed by atoms with Crippen molar-refractivity contribution in [1.82, 2.24) is 0 Å². The van der Waals surface area contributed by atoms with Crippen LogP contribution in [0.3, 0.4) is 0 Å². The Morgan fingerprint density at radius 3 is 2.60 bits per heavy atom. The molecule has 1 amide bonds. The third-order valence-electron chi connectivity index (χ3n) is 3.70. The molecule has 0 fully saturated rings. The topological polar surface area (TPSA) is 32.3 Å². The van der Waals surface area contributed by atoms with Crippen LogP contribution in [0.5, 0.6) is 0 Å². The van der Waals surface area contributed by atoms with Gasteiger partial charge in [0, 0.05) is 19.0 Å². The van der Waals surface area contributed by atoms with Crippen LogP contribution in [-0.4, -0.2) is 11.9 Å². The van der Waals surface area contributed by atoms with E-state index in [-0.39, 0.29) is 11.9 Å². The monoisotopic (exact) mass is 266 g/mol. The molecule has 0 saturated carbocycles. The van der Waals surface area contributed by atoms with Gasteiger partial charge in [-0.2, -0.15) is 0 Å². The molecule has 3 nitrogen and oxygen atoms in total. The Labute approximate surface area is 119 Å². The summed E-state index contributed by atoms with van der Waals surface area (Å²) in [4.78, 5) is 14.2. The van der Waals surface area contributed by atoms with Gasteiger partial charge < -0.3 is 10.2 Å². The Morgan fingerprint density at radius 2 is 1.80 bits per heavy atom. The molecule has 1 heterocycles. The summed E-state index contributed by atoms with van der Waals surface area (Å²) >= 11 is 0. The van der Waals surface area contributed by atoms with Gasteiger partial charge in [0.25, 0.3) is 0 Å². The Bertz CT molecular complexity index is 609.